The molecule has 0 amide bonds. The van der Waals surface area contributed by atoms with Crippen molar-refractivity contribution in [1.82, 2.24) is 10.6 Å². The minimum Gasteiger partial charge on any atom is -0.345 e. The molecule has 0 fully saturated rings. The van der Waals surface area contributed by atoms with Gasteiger partial charge in [0.15, 0.2) is 0 Å². The van der Waals surface area contributed by atoms with Crippen molar-refractivity contribution >= 4 is 6.29 Å². The van der Waals surface area contributed by atoms with Gasteiger partial charge < -0.3 is 10.6 Å². The average molecular weight is 451 g/mol. The van der Waals surface area contributed by atoms with Gasteiger partial charge in [-0.3, -0.25) is 4.79 Å². The Morgan fingerprint density at radius 2 is 1.94 bits per heavy atom. The number of aldehydes is 1. The molecule has 2 N–H and O–H groups in total. The Morgan fingerprint density at radius 3 is 2.47 bits per heavy atom. The number of carbonyl (C=O) groups is 1. The highest BCUT2D eigenvalue weighted by atomic mass is 19.4. The van der Waals surface area contributed by atoms with Gasteiger partial charge in [0.1, 0.15) is 12.1 Å². The van der Waals surface area contributed by atoms with E-state index in [-0.39, 0.29) is 11.8 Å². The summed E-state index contributed by atoms with van der Waals surface area (Å²) in [4.78, 5) is 12.2. The van der Waals surface area contributed by atoms with Crippen molar-refractivity contribution in [2.45, 2.75) is 53.1 Å². The number of hydrogen-bond acceptors (Lipinski definition) is 3. The summed E-state index contributed by atoms with van der Waals surface area (Å²) in [5, 5.41) is 6.33. The van der Waals surface area contributed by atoms with Crippen LogP contribution in [0.2, 0.25) is 0 Å². The van der Waals surface area contributed by atoms with Gasteiger partial charge in [-0.2, -0.15) is 13.2 Å². The van der Waals surface area contributed by atoms with Crippen molar-refractivity contribution < 1.29 is 22.4 Å². The van der Waals surface area contributed by atoms with Crippen LogP contribution in [-0.4, -0.2) is 12.5 Å². The summed E-state index contributed by atoms with van der Waals surface area (Å²) in [6.45, 7) is 11.8. The third-order valence-corrected chi connectivity index (χ3v) is 5.18. The molecule has 2 aliphatic rings. The van der Waals surface area contributed by atoms with Crippen LogP contribution in [0.25, 0.3) is 0 Å². The van der Waals surface area contributed by atoms with E-state index < -0.39 is 17.7 Å². The molecule has 2 rings (SSSR count). The van der Waals surface area contributed by atoms with E-state index in [4.69, 9.17) is 0 Å². The highest BCUT2D eigenvalue weighted by Gasteiger charge is 2.35. The van der Waals surface area contributed by atoms with Gasteiger partial charge >= 0.3 is 6.18 Å². The number of allylic oxidation sites excluding steroid dienone is 10. The minimum atomic E-state index is -4.44. The molecule has 1 aliphatic heterocycles. The molecule has 0 aromatic heterocycles. The molecule has 1 atom stereocenters. The molecule has 3 nitrogen and oxygen atoms in total. The van der Waals surface area contributed by atoms with E-state index in [1.54, 1.807) is 6.08 Å². The molecule has 1 unspecified atom stereocenters. The smallest absolute Gasteiger partial charge is 0.345 e. The molecule has 0 saturated carbocycles. The van der Waals surface area contributed by atoms with Crippen molar-refractivity contribution in [3.63, 3.8) is 0 Å². The van der Waals surface area contributed by atoms with Crippen molar-refractivity contribution in [1.29, 1.82) is 0 Å². The molecular formula is C25H30F4N2O. The van der Waals surface area contributed by atoms with Crippen LogP contribution < -0.4 is 10.6 Å². The van der Waals surface area contributed by atoms with E-state index in [2.05, 4.69) is 17.2 Å². The van der Waals surface area contributed by atoms with E-state index in [9.17, 15) is 22.4 Å². The Hall–Kier alpha value is -2.83. The Morgan fingerprint density at radius 1 is 1.25 bits per heavy atom. The van der Waals surface area contributed by atoms with Gasteiger partial charge in [0.2, 0.25) is 0 Å². The SMILES string of the molecule is C=C(/C=C/F)NC1=C(CC)C(C2=CCC=C(C(F)(F)F)C=C2)C(C=O)=C(CC(C)(C)C)N1. The van der Waals surface area contributed by atoms with Gasteiger partial charge in [0.25, 0.3) is 0 Å². The average Bonchev–Trinajstić information content (AvgIpc) is 2.92. The van der Waals surface area contributed by atoms with Crippen LogP contribution in [0.5, 0.6) is 0 Å². The van der Waals surface area contributed by atoms with Crippen molar-refractivity contribution in [2.75, 3.05) is 0 Å². The first-order valence-corrected chi connectivity index (χ1v) is 10.5. The van der Waals surface area contributed by atoms with E-state index in [1.807, 2.05) is 27.7 Å². The molecule has 0 spiro atoms. The fourth-order valence-electron chi connectivity index (χ4n) is 3.85. The number of alkyl halides is 3. The lowest BCUT2D eigenvalue weighted by Gasteiger charge is -2.35. The van der Waals surface area contributed by atoms with Gasteiger partial charge in [-0.25, -0.2) is 4.39 Å². The van der Waals surface area contributed by atoms with Crippen molar-refractivity contribution in [2.24, 2.45) is 11.3 Å². The monoisotopic (exact) mass is 450 g/mol. The number of rotatable bonds is 7. The first-order valence-electron chi connectivity index (χ1n) is 10.5. The number of halogens is 4. The first-order chi connectivity index (χ1) is 14.9. The standard InChI is InChI=1S/C25H30F4N2O/c1-6-19-22(17-8-7-9-18(11-10-17)25(27,28)29)20(15-32)21(14-24(3,4)5)31-23(19)30-16(2)12-13-26/h8-13,15,22,30-31H,2,6-7,14H2,1,3-5H3/b13-12+. The second kappa shape index (κ2) is 10.2. The zero-order valence-corrected chi connectivity index (χ0v) is 18.9. The molecule has 0 saturated heterocycles. The zero-order chi connectivity index (χ0) is 24.1. The zero-order valence-electron chi connectivity index (χ0n) is 18.9. The second-order valence-electron chi connectivity index (χ2n) is 8.97. The van der Waals surface area contributed by atoms with Crippen LogP contribution in [0.1, 0.15) is 47.0 Å². The van der Waals surface area contributed by atoms with Crippen molar-refractivity contribution in [3.8, 4) is 0 Å². The number of dihydropyridines is 1. The molecule has 0 aromatic carbocycles. The molecule has 0 aromatic rings. The number of nitrogens with one attached hydrogen (secondary N) is 2. The summed E-state index contributed by atoms with van der Waals surface area (Å²) >= 11 is 0. The van der Waals surface area contributed by atoms with Crippen molar-refractivity contribution in [3.05, 3.63) is 82.8 Å². The van der Waals surface area contributed by atoms with E-state index in [0.29, 0.717) is 47.5 Å². The largest absolute Gasteiger partial charge is 0.416 e. The van der Waals surface area contributed by atoms with Crippen LogP contribution >= 0.6 is 0 Å². The summed E-state index contributed by atoms with van der Waals surface area (Å²) in [5.74, 6) is 0.0333. The van der Waals surface area contributed by atoms with Crippen LogP contribution in [-0.2, 0) is 4.79 Å². The lowest BCUT2D eigenvalue weighted by Crippen LogP contribution is -2.36. The van der Waals surface area contributed by atoms with Crippen LogP contribution in [0.3, 0.4) is 0 Å². The van der Waals surface area contributed by atoms with E-state index in [0.717, 1.165) is 24.0 Å². The third-order valence-electron chi connectivity index (χ3n) is 5.18. The number of carbonyl (C=O) groups excluding carboxylic acids is 1. The maximum absolute atomic E-state index is 13.2. The van der Waals surface area contributed by atoms with E-state index in [1.165, 1.54) is 12.2 Å². The fraction of sp³-hybridized carbons (Fsp3) is 0.400. The highest BCUT2D eigenvalue weighted by molar-refractivity contribution is 5.79. The fourth-order valence-corrected chi connectivity index (χ4v) is 3.85. The van der Waals surface area contributed by atoms with Crippen LogP contribution in [0.15, 0.2) is 82.8 Å². The molecule has 174 valence electrons. The predicted octanol–water partition coefficient (Wildman–Crippen LogP) is 6.68. The summed E-state index contributed by atoms with van der Waals surface area (Å²) < 4.78 is 52.3. The minimum absolute atomic E-state index is 0.0961. The molecule has 0 radical (unpaired) electrons. The summed E-state index contributed by atoms with van der Waals surface area (Å²) in [6, 6.07) is 0. The lowest BCUT2D eigenvalue weighted by molar-refractivity contribution is -0.105. The summed E-state index contributed by atoms with van der Waals surface area (Å²) in [6.07, 6.45) is 4.35. The Kier molecular flexibility index (Phi) is 8.10. The normalized spacial score (nSPS) is 20.1. The summed E-state index contributed by atoms with van der Waals surface area (Å²) in [5.41, 5.74) is 1.98. The Balaban J connectivity index is 2.62. The quantitative estimate of drug-likeness (QED) is 0.258. The maximum atomic E-state index is 13.2. The molecule has 7 heteroatoms. The van der Waals surface area contributed by atoms with Gasteiger partial charge in [0.05, 0.1) is 11.9 Å². The van der Waals surface area contributed by atoms with Crippen LogP contribution in [0.4, 0.5) is 17.6 Å². The van der Waals surface area contributed by atoms with Crippen LogP contribution in [0, 0.1) is 11.3 Å². The highest BCUT2D eigenvalue weighted by Crippen LogP contribution is 2.40. The first kappa shape index (κ1) is 25.4. The molecule has 32 heavy (non-hydrogen) atoms. The summed E-state index contributed by atoms with van der Waals surface area (Å²) in [7, 11) is 0. The topological polar surface area (TPSA) is 41.1 Å². The second-order valence-corrected chi connectivity index (χ2v) is 8.97. The third kappa shape index (κ3) is 6.34. The van der Waals surface area contributed by atoms with Gasteiger partial charge in [-0.15, -0.1) is 0 Å². The molecule has 1 aliphatic carbocycles. The Labute approximate surface area is 187 Å². The molecular weight excluding hydrogens is 420 g/mol. The molecule has 1 heterocycles. The molecule has 0 bridgehead atoms. The predicted molar refractivity (Wildman–Crippen MR) is 120 cm³/mol. The maximum Gasteiger partial charge on any atom is 0.416 e. The van der Waals surface area contributed by atoms with Gasteiger partial charge in [0, 0.05) is 22.9 Å². The lowest BCUT2D eigenvalue weighted by atomic mass is 9.77. The van der Waals surface area contributed by atoms with Gasteiger partial charge in [-0.05, 0) is 41.9 Å². The number of hydrogen-bond donors (Lipinski definition) is 2. The Bertz CT molecular complexity index is 938. The van der Waals surface area contributed by atoms with E-state index >= 15 is 0 Å². The van der Waals surface area contributed by atoms with Gasteiger partial charge in [-0.1, -0.05) is 58.6 Å².